The number of anilines is 2. The van der Waals surface area contributed by atoms with Crippen LogP contribution in [0.3, 0.4) is 0 Å². The molecule has 0 fully saturated rings. The molecule has 0 bridgehead atoms. The maximum atomic E-state index is 14.4. The molecule has 2 heterocycles. The van der Waals surface area contributed by atoms with Crippen LogP contribution in [-0.2, 0) is 10.0 Å². The molecule has 0 aliphatic rings. The molecule has 2 N–H and O–H groups in total. The Bertz CT molecular complexity index is 1370. The summed E-state index contributed by atoms with van der Waals surface area (Å²) in [6.07, 6.45) is 3.68. The maximum Gasteiger partial charge on any atom is 0.333 e. The van der Waals surface area contributed by atoms with Gasteiger partial charge in [0.25, 0.3) is 10.0 Å². The van der Waals surface area contributed by atoms with E-state index >= 15 is 0 Å². The third-order valence-electron chi connectivity index (χ3n) is 4.75. The summed E-state index contributed by atoms with van der Waals surface area (Å²) in [7, 11) is -0.891. The molecule has 0 aliphatic carbocycles. The van der Waals surface area contributed by atoms with E-state index in [4.69, 9.17) is 5.26 Å². The van der Waals surface area contributed by atoms with Crippen molar-refractivity contribution >= 4 is 27.6 Å². The van der Waals surface area contributed by atoms with E-state index in [1.807, 2.05) is 10.8 Å². The van der Waals surface area contributed by atoms with Crippen LogP contribution >= 0.6 is 0 Å². The summed E-state index contributed by atoms with van der Waals surface area (Å²) in [5.41, 5.74) is 1.44. The average molecular weight is 484 g/mol. The molecular weight excluding hydrogens is 461 g/mol. The molecule has 176 valence electrons. The first-order valence-electron chi connectivity index (χ1n) is 10.0. The molecule has 0 spiro atoms. The van der Waals surface area contributed by atoms with Gasteiger partial charge in [-0.1, -0.05) is 13.8 Å². The molecule has 0 unspecified atom stereocenters. The first-order valence-corrected chi connectivity index (χ1v) is 11.5. The summed E-state index contributed by atoms with van der Waals surface area (Å²) in [5, 5.41) is 11.2. The average Bonchev–Trinajstić information content (AvgIpc) is 2.79. The Kier molecular flexibility index (Phi) is 7.07. The molecule has 34 heavy (non-hydrogen) atoms. The fraction of sp³-hybridized carbons (Fsp3) is 0.227. The molecular formula is C22H22FN7O3S. The SMILES string of the molecule is CC(C)c1cc(F)cc(-c2ccnc(C#N)c2)c1NC(=O)NS(=O)(=O)c1cnc(N(C)C)cn1. The highest BCUT2D eigenvalue weighted by molar-refractivity contribution is 7.90. The van der Waals surface area contributed by atoms with Crippen molar-refractivity contribution < 1.29 is 17.6 Å². The molecule has 3 rings (SSSR count). The topological polar surface area (TPSA) is 141 Å². The number of pyridine rings is 1. The molecule has 0 aliphatic heterocycles. The number of nitrogens with zero attached hydrogens (tertiary/aromatic N) is 5. The third-order valence-corrected chi connectivity index (χ3v) is 5.97. The van der Waals surface area contributed by atoms with Crippen molar-refractivity contribution in [3.63, 3.8) is 0 Å². The van der Waals surface area contributed by atoms with E-state index in [1.165, 1.54) is 30.6 Å². The Morgan fingerprint density at radius 2 is 1.88 bits per heavy atom. The first-order chi connectivity index (χ1) is 16.0. The normalized spacial score (nSPS) is 11.1. The highest BCUT2D eigenvalue weighted by Crippen LogP contribution is 2.36. The molecule has 1 aromatic carbocycles. The van der Waals surface area contributed by atoms with Crippen LogP contribution in [0, 0.1) is 17.1 Å². The van der Waals surface area contributed by atoms with Crippen molar-refractivity contribution in [2.24, 2.45) is 0 Å². The second-order valence-corrected chi connectivity index (χ2v) is 9.41. The summed E-state index contributed by atoms with van der Waals surface area (Å²) in [6.45, 7) is 3.60. The van der Waals surface area contributed by atoms with E-state index < -0.39 is 26.9 Å². The smallest absolute Gasteiger partial charge is 0.333 e. The van der Waals surface area contributed by atoms with E-state index in [0.29, 0.717) is 16.9 Å². The number of urea groups is 1. The Morgan fingerprint density at radius 3 is 2.47 bits per heavy atom. The number of halogens is 1. The maximum absolute atomic E-state index is 14.4. The van der Waals surface area contributed by atoms with Crippen LogP contribution in [0.4, 0.5) is 20.7 Å². The van der Waals surface area contributed by atoms with E-state index in [9.17, 15) is 17.6 Å². The minimum absolute atomic E-state index is 0.102. The van der Waals surface area contributed by atoms with Gasteiger partial charge in [0.1, 0.15) is 23.4 Å². The molecule has 2 aromatic heterocycles. The largest absolute Gasteiger partial charge is 0.361 e. The number of nitriles is 1. The van der Waals surface area contributed by atoms with Gasteiger partial charge in [0.05, 0.1) is 18.1 Å². The van der Waals surface area contributed by atoms with E-state index in [2.05, 4.69) is 20.3 Å². The number of carbonyl (C=O) groups excluding carboxylic acids is 1. The lowest BCUT2D eigenvalue weighted by atomic mass is 9.94. The zero-order valence-electron chi connectivity index (χ0n) is 18.9. The van der Waals surface area contributed by atoms with Gasteiger partial charge in [-0.3, -0.25) is 0 Å². The van der Waals surface area contributed by atoms with Crippen molar-refractivity contribution in [2.75, 3.05) is 24.3 Å². The fourth-order valence-corrected chi connectivity index (χ4v) is 3.88. The number of carbonyl (C=O) groups is 1. The summed E-state index contributed by atoms with van der Waals surface area (Å²) in [6, 6.07) is 6.30. The van der Waals surface area contributed by atoms with E-state index in [-0.39, 0.29) is 22.9 Å². The van der Waals surface area contributed by atoms with Gasteiger partial charge < -0.3 is 10.2 Å². The fourth-order valence-electron chi connectivity index (χ4n) is 3.10. The highest BCUT2D eigenvalue weighted by Gasteiger charge is 2.23. The number of sulfonamides is 1. The highest BCUT2D eigenvalue weighted by atomic mass is 32.2. The number of hydrogen-bond donors (Lipinski definition) is 2. The van der Waals surface area contributed by atoms with E-state index in [0.717, 1.165) is 6.20 Å². The first kappa shape index (κ1) is 24.5. The molecule has 0 radical (unpaired) electrons. The van der Waals surface area contributed by atoms with Crippen LogP contribution in [-0.4, -0.2) is 43.5 Å². The summed E-state index contributed by atoms with van der Waals surface area (Å²) >= 11 is 0. The molecule has 3 aromatic rings. The number of aromatic nitrogens is 3. The predicted molar refractivity (Wildman–Crippen MR) is 124 cm³/mol. The van der Waals surface area contributed by atoms with Crippen molar-refractivity contribution in [3.8, 4) is 17.2 Å². The van der Waals surface area contributed by atoms with E-state index in [1.54, 1.807) is 38.9 Å². The zero-order valence-corrected chi connectivity index (χ0v) is 19.7. The number of benzene rings is 1. The second-order valence-electron chi connectivity index (χ2n) is 7.78. The summed E-state index contributed by atoms with van der Waals surface area (Å²) in [5.74, 6) is -0.332. The van der Waals surface area contributed by atoms with Crippen LogP contribution in [0.15, 0.2) is 47.9 Å². The minimum Gasteiger partial charge on any atom is -0.361 e. The third kappa shape index (κ3) is 5.44. The molecule has 0 saturated heterocycles. The Labute approximate surface area is 196 Å². The van der Waals surface area contributed by atoms with Crippen molar-refractivity contribution in [2.45, 2.75) is 24.8 Å². The van der Waals surface area contributed by atoms with Gasteiger partial charge >= 0.3 is 6.03 Å². The molecule has 2 amide bonds. The minimum atomic E-state index is -4.33. The van der Waals surface area contributed by atoms with Gasteiger partial charge in [0, 0.05) is 25.9 Å². The predicted octanol–water partition coefficient (Wildman–Crippen LogP) is 3.25. The Balaban J connectivity index is 1.97. The molecule has 0 atom stereocenters. The molecule has 10 nitrogen and oxygen atoms in total. The van der Waals surface area contributed by atoms with Crippen LogP contribution in [0.2, 0.25) is 0 Å². The number of rotatable bonds is 6. The van der Waals surface area contributed by atoms with Crippen LogP contribution in [0.25, 0.3) is 11.1 Å². The second kappa shape index (κ2) is 9.80. The van der Waals surface area contributed by atoms with Crippen molar-refractivity contribution in [3.05, 3.63) is 59.9 Å². The van der Waals surface area contributed by atoms with Crippen molar-refractivity contribution in [1.82, 2.24) is 19.7 Å². The number of hydrogen-bond acceptors (Lipinski definition) is 8. The summed E-state index contributed by atoms with van der Waals surface area (Å²) in [4.78, 5) is 26.1. The van der Waals surface area contributed by atoms with Gasteiger partial charge in [0.2, 0.25) is 0 Å². The lowest BCUT2D eigenvalue weighted by Gasteiger charge is -2.19. The number of nitrogens with one attached hydrogen (secondary N) is 2. The quantitative estimate of drug-likeness (QED) is 0.544. The summed E-state index contributed by atoms with van der Waals surface area (Å²) < 4.78 is 41.6. The van der Waals surface area contributed by atoms with Gasteiger partial charge in [0.15, 0.2) is 5.03 Å². The standard InChI is InChI=1S/C22H22FN7O3S/c1-13(2)17-8-15(23)9-18(14-5-6-25-16(7-14)10-24)21(17)28-22(31)29-34(32,33)20-12-26-19(11-27-20)30(3)4/h5-9,11-13H,1-4H3,(H2,28,29,31). The van der Waals surface area contributed by atoms with Gasteiger partial charge in [-0.25, -0.2) is 28.9 Å². The Morgan fingerprint density at radius 1 is 1.15 bits per heavy atom. The van der Waals surface area contributed by atoms with Crippen molar-refractivity contribution in [1.29, 1.82) is 5.26 Å². The van der Waals surface area contributed by atoms with Crippen LogP contribution in [0.5, 0.6) is 0 Å². The molecule has 12 heteroatoms. The van der Waals surface area contributed by atoms with Gasteiger partial charge in [-0.2, -0.15) is 13.7 Å². The Hall–Kier alpha value is -4.11. The van der Waals surface area contributed by atoms with Gasteiger partial charge in [-0.05, 0) is 41.3 Å². The number of amides is 2. The zero-order chi connectivity index (χ0) is 25.0. The lowest BCUT2D eigenvalue weighted by molar-refractivity contribution is 0.256. The van der Waals surface area contributed by atoms with Gasteiger partial charge in [-0.15, -0.1) is 0 Å². The van der Waals surface area contributed by atoms with Crippen LogP contribution in [0.1, 0.15) is 31.0 Å². The lowest BCUT2D eigenvalue weighted by Crippen LogP contribution is -2.35. The molecule has 0 saturated carbocycles. The van der Waals surface area contributed by atoms with Crippen LogP contribution < -0.4 is 14.9 Å². The monoisotopic (exact) mass is 483 g/mol.